The Morgan fingerprint density at radius 1 is 1.47 bits per heavy atom. The number of halogens is 3. The summed E-state index contributed by atoms with van der Waals surface area (Å²) < 4.78 is 32.2. The van der Waals surface area contributed by atoms with Crippen LogP contribution in [0.1, 0.15) is 10.4 Å². The van der Waals surface area contributed by atoms with Crippen molar-refractivity contribution in [2.24, 2.45) is 0 Å². The highest BCUT2D eigenvalue weighted by molar-refractivity contribution is 6.33. The zero-order valence-electron chi connectivity index (χ0n) is 7.67. The molecule has 1 rings (SSSR count). The van der Waals surface area contributed by atoms with E-state index in [-0.39, 0.29) is 16.3 Å². The van der Waals surface area contributed by atoms with E-state index in [1.807, 2.05) is 0 Å². The normalized spacial score (nSPS) is 10.2. The van der Waals surface area contributed by atoms with Gasteiger partial charge < -0.3 is 9.47 Å². The number of alkyl halides is 2. The van der Waals surface area contributed by atoms with Crippen molar-refractivity contribution in [3.63, 3.8) is 0 Å². The second-order valence-corrected chi connectivity index (χ2v) is 2.92. The summed E-state index contributed by atoms with van der Waals surface area (Å²) in [5, 5.41) is 0.000000000000000222. The predicted octanol–water partition coefficient (Wildman–Crippen LogP) is 2.73. The van der Waals surface area contributed by atoms with Gasteiger partial charge >= 0.3 is 12.6 Å². The van der Waals surface area contributed by atoms with Crippen molar-refractivity contribution in [1.82, 2.24) is 0 Å². The molecular formula is C9H7ClF2O3. The molecule has 15 heavy (non-hydrogen) atoms. The van der Waals surface area contributed by atoms with Crippen LogP contribution in [0.15, 0.2) is 18.2 Å². The zero-order valence-corrected chi connectivity index (χ0v) is 8.42. The van der Waals surface area contributed by atoms with Crippen LogP contribution >= 0.6 is 11.6 Å². The Morgan fingerprint density at radius 3 is 2.60 bits per heavy atom. The smallest absolute Gasteiger partial charge is 0.387 e. The van der Waals surface area contributed by atoms with Gasteiger partial charge in [0.1, 0.15) is 5.75 Å². The van der Waals surface area contributed by atoms with Gasteiger partial charge in [-0.05, 0) is 18.2 Å². The second-order valence-electron chi connectivity index (χ2n) is 2.51. The molecule has 0 spiro atoms. The Kier molecular flexibility index (Phi) is 3.85. The lowest BCUT2D eigenvalue weighted by Crippen LogP contribution is -2.04. The van der Waals surface area contributed by atoms with Crippen molar-refractivity contribution >= 4 is 17.6 Å². The molecule has 6 heteroatoms. The lowest BCUT2D eigenvalue weighted by atomic mass is 10.2. The number of hydrogen-bond acceptors (Lipinski definition) is 3. The van der Waals surface area contributed by atoms with Gasteiger partial charge in [0.2, 0.25) is 0 Å². The van der Waals surface area contributed by atoms with Crippen LogP contribution in [-0.2, 0) is 4.74 Å². The van der Waals surface area contributed by atoms with E-state index in [4.69, 9.17) is 11.6 Å². The summed E-state index contributed by atoms with van der Waals surface area (Å²) in [4.78, 5) is 11.1. The standard InChI is InChI=1S/C9H7ClF2O3/c1-14-8(13)6-3-2-5(4-7(6)10)15-9(11)12/h2-4,9H,1H3. The molecule has 0 saturated heterocycles. The zero-order chi connectivity index (χ0) is 11.4. The Balaban J connectivity index is 2.93. The van der Waals surface area contributed by atoms with Crippen LogP contribution in [0.2, 0.25) is 5.02 Å². The van der Waals surface area contributed by atoms with Crippen molar-refractivity contribution in [1.29, 1.82) is 0 Å². The molecular weight excluding hydrogens is 230 g/mol. The van der Waals surface area contributed by atoms with Crippen LogP contribution in [0.25, 0.3) is 0 Å². The Hall–Kier alpha value is -1.36. The first-order valence-electron chi connectivity index (χ1n) is 3.87. The predicted molar refractivity (Wildman–Crippen MR) is 49.4 cm³/mol. The highest BCUT2D eigenvalue weighted by Gasteiger charge is 2.12. The number of rotatable bonds is 3. The SMILES string of the molecule is COC(=O)c1ccc(OC(F)F)cc1Cl. The molecule has 0 aliphatic carbocycles. The van der Waals surface area contributed by atoms with Crippen LogP contribution in [-0.4, -0.2) is 19.7 Å². The minimum absolute atomic E-state index is 0.000000000000000222. The Labute approximate surface area is 89.5 Å². The van der Waals surface area contributed by atoms with Gasteiger partial charge in [0, 0.05) is 0 Å². The summed E-state index contributed by atoms with van der Waals surface area (Å²) in [5.74, 6) is -0.744. The highest BCUT2D eigenvalue weighted by Crippen LogP contribution is 2.24. The van der Waals surface area contributed by atoms with E-state index < -0.39 is 12.6 Å². The van der Waals surface area contributed by atoms with E-state index in [1.165, 1.54) is 19.2 Å². The first-order chi connectivity index (χ1) is 7.04. The minimum atomic E-state index is -2.93. The van der Waals surface area contributed by atoms with Crippen molar-refractivity contribution < 1.29 is 23.0 Å². The summed E-state index contributed by atoms with van der Waals surface area (Å²) in [6.45, 7) is -2.93. The van der Waals surface area contributed by atoms with Crippen LogP contribution in [0.5, 0.6) is 5.75 Å². The van der Waals surface area contributed by atoms with Crippen molar-refractivity contribution in [2.75, 3.05) is 7.11 Å². The molecule has 1 aromatic carbocycles. The van der Waals surface area contributed by atoms with E-state index in [2.05, 4.69) is 9.47 Å². The molecule has 0 N–H and O–H groups in total. The molecule has 0 atom stereocenters. The van der Waals surface area contributed by atoms with E-state index in [1.54, 1.807) is 0 Å². The highest BCUT2D eigenvalue weighted by atomic mass is 35.5. The first kappa shape index (κ1) is 11.7. The fourth-order valence-electron chi connectivity index (χ4n) is 0.948. The summed E-state index contributed by atoms with van der Waals surface area (Å²) in [5.41, 5.74) is 0.0979. The van der Waals surface area contributed by atoms with Gasteiger partial charge in [0.05, 0.1) is 17.7 Å². The maximum Gasteiger partial charge on any atom is 0.387 e. The molecule has 0 aliphatic rings. The van der Waals surface area contributed by atoms with Gasteiger partial charge in [0.25, 0.3) is 0 Å². The maximum atomic E-state index is 11.8. The number of ether oxygens (including phenoxy) is 2. The van der Waals surface area contributed by atoms with Crippen LogP contribution < -0.4 is 4.74 Å². The van der Waals surface area contributed by atoms with Crippen LogP contribution in [0.4, 0.5) is 8.78 Å². The topological polar surface area (TPSA) is 35.5 Å². The lowest BCUT2D eigenvalue weighted by Gasteiger charge is -2.06. The molecule has 0 heterocycles. The van der Waals surface area contributed by atoms with Gasteiger partial charge in [-0.2, -0.15) is 8.78 Å². The lowest BCUT2D eigenvalue weighted by molar-refractivity contribution is -0.0498. The number of methoxy groups -OCH3 is 1. The summed E-state index contributed by atoms with van der Waals surface area (Å²) in [6, 6.07) is 3.59. The first-order valence-corrected chi connectivity index (χ1v) is 4.25. The average molecular weight is 237 g/mol. The number of carbonyl (C=O) groups is 1. The molecule has 0 aliphatic heterocycles. The largest absolute Gasteiger partial charge is 0.465 e. The molecule has 0 bridgehead atoms. The van der Waals surface area contributed by atoms with Gasteiger partial charge in [-0.25, -0.2) is 4.79 Å². The van der Waals surface area contributed by atoms with Crippen molar-refractivity contribution in [3.8, 4) is 5.75 Å². The second kappa shape index (κ2) is 4.93. The fourth-order valence-corrected chi connectivity index (χ4v) is 1.20. The minimum Gasteiger partial charge on any atom is -0.465 e. The van der Waals surface area contributed by atoms with Gasteiger partial charge in [-0.15, -0.1) is 0 Å². The third-order valence-electron chi connectivity index (χ3n) is 1.57. The van der Waals surface area contributed by atoms with Crippen LogP contribution in [0, 0.1) is 0 Å². The summed E-state index contributed by atoms with van der Waals surface area (Å²) in [6.07, 6.45) is 0. The number of carbonyl (C=O) groups excluding carboxylic acids is 1. The molecule has 1 aromatic rings. The molecule has 0 amide bonds. The molecule has 0 radical (unpaired) electrons. The molecule has 82 valence electrons. The summed E-state index contributed by atoms with van der Waals surface area (Å²) >= 11 is 5.66. The third kappa shape index (κ3) is 3.06. The summed E-state index contributed by atoms with van der Waals surface area (Å²) in [7, 11) is 1.20. The average Bonchev–Trinajstić information content (AvgIpc) is 2.16. The Morgan fingerprint density at radius 2 is 2.13 bits per heavy atom. The molecule has 0 unspecified atom stereocenters. The number of benzene rings is 1. The van der Waals surface area contributed by atoms with E-state index in [0.717, 1.165) is 6.07 Å². The Bertz CT molecular complexity index is 368. The number of esters is 1. The quantitative estimate of drug-likeness (QED) is 0.757. The van der Waals surface area contributed by atoms with E-state index in [0.29, 0.717) is 0 Å². The van der Waals surface area contributed by atoms with Gasteiger partial charge in [-0.1, -0.05) is 11.6 Å². The number of hydrogen-bond donors (Lipinski definition) is 0. The third-order valence-corrected chi connectivity index (χ3v) is 1.88. The maximum absolute atomic E-state index is 11.8. The van der Waals surface area contributed by atoms with Gasteiger partial charge in [0.15, 0.2) is 0 Å². The monoisotopic (exact) mass is 236 g/mol. The van der Waals surface area contributed by atoms with Crippen LogP contribution in [0.3, 0.4) is 0 Å². The molecule has 0 fully saturated rings. The molecule has 3 nitrogen and oxygen atoms in total. The van der Waals surface area contributed by atoms with E-state index in [9.17, 15) is 13.6 Å². The molecule has 0 aromatic heterocycles. The fraction of sp³-hybridized carbons (Fsp3) is 0.222. The van der Waals surface area contributed by atoms with Crippen molar-refractivity contribution in [2.45, 2.75) is 6.61 Å². The molecule has 0 saturated carbocycles. The van der Waals surface area contributed by atoms with Crippen molar-refractivity contribution in [3.05, 3.63) is 28.8 Å². The van der Waals surface area contributed by atoms with Gasteiger partial charge in [-0.3, -0.25) is 0 Å². The van der Waals surface area contributed by atoms with E-state index >= 15 is 0 Å².